The summed E-state index contributed by atoms with van der Waals surface area (Å²) in [6, 6.07) is 9.76. The van der Waals surface area contributed by atoms with E-state index in [1.165, 1.54) is 43.7 Å². The van der Waals surface area contributed by atoms with Crippen LogP contribution in [0.3, 0.4) is 0 Å². The maximum Gasteiger partial charge on any atom is 0.422 e. The number of methoxy groups -OCH3 is 1. The van der Waals surface area contributed by atoms with Gasteiger partial charge in [0.1, 0.15) is 17.8 Å². The molecule has 0 bridgehead atoms. The SMILES string of the molecule is COc1cc(C2CC(F)(C(F)(F)F)C2)c(F)cc1-n1c(=O)ccc2cc(S(=O)(=O)Nc3ccon3)ccc21. The number of hydrogen-bond donors (Lipinski definition) is 1. The normalized spacial score (nSPS) is 19.8. The van der Waals surface area contributed by atoms with Crippen LogP contribution in [0.25, 0.3) is 16.6 Å². The van der Waals surface area contributed by atoms with E-state index in [9.17, 15) is 30.8 Å². The van der Waals surface area contributed by atoms with Crippen LogP contribution in [0.15, 0.2) is 69.0 Å². The highest BCUT2D eigenvalue weighted by Crippen LogP contribution is 2.56. The predicted molar refractivity (Wildman–Crippen MR) is 125 cm³/mol. The molecule has 0 spiro atoms. The number of benzene rings is 2. The number of nitrogens with one attached hydrogen (secondary N) is 1. The molecule has 200 valence electrons. The summed E-state index contributed by atoms with van der Waals surface area (Å²) in [7, 11) is -2.84. The highest BCUT2D eigenvalue weighted by Gasteiger charge is 2.63. The molecule has 2 aromatic heterocycles. The van der Waals surface area contributed by atoms with Gasteiger partial charge in [-0.3, -0.25) is 14.1 Å². The van der Waals surface area contributed by atoms with Crippen molar-refractivity contribution in [1.29, 1.82) is 0 Å². The molecule has 1 fully saturated rings. The quantitative estimate of drug-likeness (QED) is 0.333. The van der Waals surface area contributed by atoms with Gasteiger partial charge in [-0.1, -0.05) is 5.16 Å². The maximum atomic E-state index is 15.1. The third-order valence-corrected chi connectivity index (χ3v) is 7.83. The number of halogens is 5. The molecule has 4 aromatic rings. The van der Waals surface area contributed by atoms with Crippen molar-refractivity contribution in [3.8, 4) is 11.4 Å². The molecule has 1 aliphatic rings. The van der Waals surface area contributed by atoms with E-state index >= 15 is 4.39 Å². The van der Waals surface area contributed by atoms with Crippen molar-refractivity contribution >= 4 is 26.7 Å². The second kappa shape index (κ2) is 8.82. The summed E-state index contributed by atoms with van der Waals surface area (Å²) in [5.74, 6) is -2.04. The lowest BCUT2D eigenvalue weighted by molar-refractivity contribution is -0.259. The third-order valence-electron chi connectivity index (χ3n) is 6.48. The molecular formula is C24H18F5N3O5S. The minimum absolute atomic E-state index is 0.0382. The van der Waals surface area contributed by atoms with Crippen molar-refractivity contribution in [2.24, 2.45) is 0 Å². The van der Waals surface area contributed by atoms with Crippen molar-refractivity contribution in [3.63, 3.8) is 0 Å². The summed E-state index contributed by atoms with van der Waals surface area (Å²) in [6.07, 6.45) is -5.73. The molecule has 2 aromatic carbocycles. The first-order chi connectivity index (χ1) is 17.8. The van der Waals surface area contributed by atoms with Crippen molar-refractivity contribution < 1.29 is 39.6 Å². The van der Waals surface area contributed by atoms with Crippen LogP contribution in [-0.2, 0) is 10.0 Å². The third kappa shape index (κ3) is 4.27. The second-order valence-electron chi connectivity index (χ2n) is 8.83. The van der Waals surface area contributed by atoms with Crippen LogP contribution >= 0.6 is 0 Å². The Morgan fingerprint density at radius 2 is 1.87 bits per heavy atom. The highest BCUT2D eigenvalue weighted by molar-refractivity contribution is 7.92. The molecule has 14 heteroatoms. The van der Waals surface area contributed by atoms with Crippen LogP contribution in [0.5, 0.6) is 5.75 Å². The van der Waals surface area contributed by atoms with E-state index in [-0.39, 0.29) is 33.2 Å². The predicted octanol–water partition coefficient (Wildman–Crippen LogP) is 5.08. The van der Waals surface area contributed by atoms with Gasteiger partial charge in [0.25, 0.3) is 15.6 Å². The summed E-state index contributed by atoms with van der Waals surface area (Å²) >= 11 is 0. The van der Waals surface area contributed by atoms with Crippen LogP contribution in [0.2, 0.25) is 0 Å². The summed E-state index contributed by atoms with van der Waals surface area (Å²) in [5, 5.41) is 3.79. The monoisotopic (exact) mass is 555 g/mol. The Morgan fingerprint density at radius 1 is 1.13 bits per heavy atom. The van der Waals surface area contributed by atoms with Crippen LogP contribution in [-0.4, -0.2) is 37.1 Å². The highest BCUT2D eigenvalue weighted by atomic mass is 32.2. The molecule has 38 heavy (non-hydrogen) atoms. The number of rotatable bonds is 6. The number of ether oxygens (including phenoxy) is 1. The molecule has 0 aliphatic heterocycles. The van der Waals surface area contributed by atoms with Gasteiger partial charge in [-0.2, -0.15) is 13.2 Å². The molecule has 1 aliphatic carbocycles. The Kier molecular flexibility index (Phi) is 5.97. The molecule has 2 heterocycles. The van der Waals surface area contributed by atoms with Gasteiger partial charge in [0.05, 0.1) is 23.2 Å². The number of alkyl halides is 4. The molecule has 0 unspecified atom stereocenters. The smallest absolute Gasteiger partial charge is 0.422 e. The summed E-state index contributed by atoms with van der Waals surface area (Å²) in [4.78, 5) is 12.7. The maximum absolute atomic E-state index is 15.1. The zero-order valence-electron chi connectivity index (χ0n) is 19.4. The lowest BCUT2D eigenvalue weighted by Gasteiger charge is -2.42. The fourth-order valence-electron chi connectivity index (χ4n) is 4.48. The largest absolute Gasteiger partial charge is 0.495 e. The molecule has 0 atom stereocenters. The zero-order chi connectivity index (χ0) is 27.5. The Labute approximate surface area is 211 Å². The molecule has 0 saturated heterocycles. The van der Waals surface area contributed by atoms with Gasteiger partial charge >= 0.3 is 6.18 Å². The van der Waals surface area contributed by atoms with Crippen molar-refractivity contribution in [2.45, 2.75) is 35.5 Å². The first kappa shape index (κ1) is 25.7. The first-order valence-electron chi connectivity index (χ1n) is 11.1. The number of pyridine rings is 1. The van der Waals surface area contributed by atoms with E-state index in [2.05, 4.69) is 14.4 Å². The topological polar surface area (TPSA) is 103 Å². The Morgan fingerprint density at radius 3 is 2.50 bits per heavy atom. The molecular weight excluding hydrogens is 537 g/mol. The van der Waals surface area contributed by atoms with Crippen molar-refractivity contribution in [2.75, 3.05) is 11.8 Å². The van der Waals surface area contributed by atoms with E-state index < -0.39 is 52.0 Å². The Hall–Kier alpha value is -3.94. The minimum Gasteiger partial charge on any atom is -0.495 e. The number of sulfonamides is 1. The molecule has 0 amide bonds. The number of anilines is 1. The average Bonchev–Trinajstić information content (AvgIpc) is 3.33. The van der Waals surface area contributed by atoms with Crippen molar-refractivity contribution in [1.82, 2.24) is 9.72 Å². The number of aromatic nitrogens is 2. The van der Waals surface area contributed by atoms with Crippen LogP contribution in [0.1, 0.15) is 24.3 Å². The fourth-order valence-corrected chi connectivity index (χ4v) is 5.51. The molecule has 0 radical (unpaired) electrons. The summed E-state index contributed by atoms with van der Waals surface area (Å²) in [6.45, 7) is 0. The van der Waals surface area contributed by atoms with Crippen molar-refractivity contribution in [3.05, 3.63) is 76.5 Å². The molecule has 1 saturated carbocycles. The van der Waals surface area contributed by atoms with Crippen LogP contribution < -0.4 is 15.0 Å². The Balaban J connectivity index is 1.55. The van der Waals surface area contributed by atoms with Crippen LogP contribution in [0.4, 0.5) is 27.8 Å². The molecule has 1 N–H and O–H groups in total. The van der Waals surface area contributed by atoms with E-state index in [4.69, 9.17) is 4.74 Å². The van der Waals surface area contributed by atoms with Gasteiger partial charge in [-0.25, -0.2) is 17.2 Å². The van der Waals surface area contributed by atoms with Gasteiger partial charge in [-0.15, -0.1) is 0 Å². The fraction of sp³-hybridized carbons (Fsp3) is 0.250. The van der Waals surface area contributed by atoms with Gasteiger partial charge in [-0.05, 0) is 54.7 Å². The van der Waals surface area contributed by atoms with Gasteiger partial charge in [0.2, 0.25) is 5.67 Å². The van der Waals surface area contributed by atoms with E-state index in [1.807, 2.05) is 0 Å². The average molecular weight is 555 g/mol. The molecule has 8 nitrogen and oxygen atoms in total. The van der Waals surface area contributed by atoms with Gasteiger partial charge in [0, 0.05) is 23.6 Å². The number of nitrogens with zero attached hydrogens (tertiary/aromatic N) is 2. The van der Waals surface area contributed by atoms with E-state index in [1.54, 1.807) is 0 Å². The molecule has 5 rings (SSSR count). The van der Waals surface area contributed by atoms with Crippen LogP contribution in [0, 0.1) is 5.82 Å². The van der Waals surface area contributed by atoms with E-state index in [0.29, 0.717) is 5.39 Å². The minimum atomic E-state index is -5.06. The van der Waals surface area contributed by atoms with Gasteiger partial charge in [0.15, 0.2) is 5.82 Å². The lowest BCUT2D eigenvalue weighted by atomic mass is 9.68. The van der Waals surface area contributed by atoms with Gasteiger partial charge < -0.3 is 9.26 Å². The first-order valence-corrected chi connectivity index (χ1v) is 12.5. The number of hydrogen-bond acceptors (Lipinski definition) is 6. The number of fused-ring (bicyclic) bond motifs is 1. The van der Waals surface area contributed by atoms with E-state index in [0.717, 1.165) is 22.8 Å². The lowest BCUT2D eigenvalue weighted by Crippen LogP contribution is -2.50. The summed E-state index contributed by atoms with van der Waals surface area (Å²) < 4.78 is 107. The Bertz CT molecular complexity index is 1700. The second-order valence-corrected chi connectivity index (χ2v) is 10.5. The zero-order valence-corrected chi connectivity index (χ0v) is 20.2. The standard InChI is InChI=1S/C24H18F5N3O5S/c1-36-20-9-16(14-11-23(26,12-14)24(27,28)29)17(25)10-19(20)32-18-4-3-15(8-13(18)2-5-22(32)33)38(34,35)31-21-6-7-37-30-21/h2-10,14H,11-12H2,1H3,(H,30,31). The summed E-state index contributed by atoms with van der Waals surface area (Å²) in [5.41, 5.74) is -4.02.